The number of hydrogen-bond donors (Lipinski definition) is 0. The third-order valence-corrected chi connectivity index (χ3v) is 7.82. The second kappa shape index (κ2) is 8.96. The van der Waals surface area contributed by atoms with Gasteiger partial charge in [0.1, 0.15) is 6.54 Å². The minimum absolute atomic E-state index is 0.138. The lowest BCUT2D eigenvalue weighted by Crippen LogP contribution is -2.45. The molecular formula is C25H25ClN2O3S. The Morgan fingerprint density at radius 2 is 1.69 bits per heavy atom. The first-order valence-corrected chi connectivity index (χ1v) is 12.3. The maximum atomic E-state index is 13.6. The van der Waals surface area contributed by atoms with Crippen LogP contribution < -0.4 is 4.31 Å². The van der Waals surface area contributed by atoms with E-state index in [1.165, 1.54) is 9.87 Å². The van der Waals surface area contributed by atoms with E-state index in [2.05, 4.69) is 6.07 Å². The molecule has 0 aromatic heterocycles. The maximum Gasteiger partial charge on any atom is 0.264 e. The third-order valence-electron chi connectivity index (χ3n) is 5.81. The van der Waals surface area contributed by atoms with E-state index in [9.17, 15) is 13.2 Å². The Bertz CT molecular complexity index is 1260. The molecule has 3 aromatic carbocycles. The number of rotatable bonds is 5. The van der Waals surface area contributed by atoms with Gasteiger partial charge in [0.15, 0.2) is 0 Å². The summed E-state index contributed by atoms with van der Waals surface area (Å²) >= 11 is 6.20. The van der Waals surface area contributed by atoms with Crippen molar-refractivity contribution in [3.05, 3.63) is 94.0 Å². The fourth-order valence-electron chi connectivity index (χ4n) is 3.92. The van der Waals surface area contributed by atoms with Crippen molar-refractivity contribution in [1.82, 2.24) is 4.90 Å². The quantitative estimate of drug-likeness (QED) is 0.543. The van der Waals surface area contributed by atoms with Crippen molar-refractivity contribution in [3.63, 3.8) is 0 Å². The van der Waals surface area contributed by atoms with E-state index >= 15 is 0 Å². The summed E-state index contributed by atoms with van der Waals surface area (Å²) < 4.78 is 28.5. The molecular weight excluding hydrogens is 444 g/mol. The number of hydrogen-bond acceptors (Lipinski definition) is 3. The summed E-state index contributed by atoms with van der Waals surface area (Å²) in [7, 11) is -3.98. The molecule has 5 nitrogen and oxygen atoms in total. The van der Waals surface area contributed by atoms with Crippen LogP contribution in [0.25, 0.3) is 0 Å². The van der Waals surface area contributed by atoms with Crippen molar-refractivity contribution in [2.24, 2.45) is 0 Å². The van der Waals surface area contributed by atoms with Crippen molar-refractivity contribution < 1.29 is 13.2 Å². The highest BCUT2D eigenvalue weighted by molar-refractivity contribution is 7.92. The van der Waals surface area contributed by atoms with Crippen molar-refractivity contribution in [1.29, 1.82) is 0 Å². The first kappa shape index (κ1) is 22.4. The first-order valence-electron chi connectivity index (χ1n) is 10.5. The molecule has 1 aliphatic heterocycles. The summed E-state index contributed by atoms with van der Waals surface area (Å²) in [5, 5.41) is 0.411. The molecule has 32 heavy (non-hydrogen) atoms. The molecule has 0 bridgehead atoms. The zero-order valence-electron chi connectivity index (χ0n) is 18.1. The van der Waals surface area contributed by atoms with Gasteiger partial charge in [-0.05, 0) is 61.2 Å². The summed E-state index contributed by atoms with van der Waals surface area (Å²) in [6.45, 7) is 4.45. The Morgan fingerprint density at radius 3 is 2.41 bits per heavy atom. The van der Waals surface area contributed by atoms with Crippen LogP contribution in [0, 0.1) is 13.8 Å². The van der Waals surface area contributed by atoms with Crippen LogP contribution >= 0.6 is 11.6 Å². The molecule has 4 rings (SSSR count). The van der Waals surface area contributed by atoms with E-state index in [-0.39, 0.29) is 17.3 Å². The molecule has 0 saturated carbocycles. The molecule has 166 valence electrons. The Hall–Kier alpha value is -2.83. The predicted octanol–water partition coefficient (Wildman–Crippen LogP) is 4.74. The third kappa shape index (κ3) is 4.52. The minimum Gasteiger partial charge on any atom is -0.336 e. The number of anilines is 1. The van der Waals surface area contributed by atoms with E-state index in [1.807, 2.05) is 32.0 Å². The number of halogens is 1. The Kier molecular flexibility index (Phi) is 6.26. The van der Waals surface area contributed by atoms with Gasteiger partial charge in [-0.25, -0.2) is 8.42 Å². The number of benzene rings is 3. The second-order valence-corrected chi connectivity index (χ2v) is 10.4. The summed E-state index contributed by atoms with van der Waals surface area (Å²) in [4.78, 5) is 15.2. The standard InChI is InChI=1S/C25H25ClN2O3S/c1-18-7-11-23(12-8-18)32(30,31)28(24-15-22(26)10-9-19(24)2)17-25(29)27-14-13-20-5-3-4-6-21(20)16-27/h3-12,15H,13-14,16-17H2,1-2H3. The van der Waals surface area contributed by atoms with E-state index < -0.39 is 10.0 Å². The number of carbonyl (C=O) groups is 1. The molecule has 0 fully saturated rings. The lowest BCUT2D eigenvalue weighted by molar-refractivity contribution is -0.130. The van der Waals surface area contributed by atoms with Gasteiger partial charge < -0.3 is 4.90 Å². The summed E-state index contributed by atoms with van der Waals surface area (Å²) in [5.74, 6) is -0.241. The highest BCUT2D eigenvalue weighted by atomic mass is 35.5. The van der Waals surface area contributed by atoms with Crippen LogP contribution in [0.15, 0.2) is 71.6 Å². The highest BCUT2D eigenvalue weighted by Gasteiger charge is 2.31. The minimum atomic E-state index is -3.98. The van der Waals surface area contributed by atoms with E-state index in [4.69, 9.17) is 11.6 Å². The fourth-order valence-corrected chi connectivity index (χ4v) is 5.56. The smallest absolute Gasteiger partial charge is 0.264 e. The molecule has 1 aliphatic rings. The maximum absolute atomic E-state index is 13.6. The van der Waals surface area contributed by atoms with Crippen LogP contribution in [-0.2, 0) is 27.8 Å². The molecule has 0 aliphatic carbocycles. The lowest BCUT2D eigenvalue weighted by atomic mass is 10.00. The van der Waals surface area contributed by atoms with Gasteiger partial charge in [0.25, 0.3) is 10.0 Å². The van der Waals surface area contributed by atoms with Gasteiger partial charge in [0.2, 0.25) is 5.91 Å². The van der Waals surface area contributed by atoms with Crippen molar-refractivity contribution in [2.45, 2.75) is 31.7 Å². The van der Waals surface area contributed by atoms with Crippen LogP contribution in [0.1, 0.15) is 22.3 Å². The van der Waals surface area contributed by atoms with E-state index in [1.54, 1.807) is 47.4 Å². The Morgan fingerprint density at radius 1 is 1.00 bits per heavy atom. The van der Waals surface area contributed by atoms with Crippen molar-refractivity contribution in [2.75, 3.05) is 17.4 Å². The molecule has 0 spiro atoms. The molecule has 1 amide bonds. The molecule has 3 aromatic rings. The van der Waals surface area contributed by atoms with Gasteiger partial charge in [-0.1, -0.05) is 59.6 Å². The number of sulfonamides is 1. The number of aryl methyl sites for hydroxylation is 2. The molecule has 0 unspecified atom stereocenters. The highest BCUT2D eigenvalue weighted by Crippen LogP contribution is 2.30. The number of carbonyl (C=O) groups excluding carboxylic acids is 1. The SMILES string of the molecule is Cc1ccc(S(=O)(=O)N(CC(=O)N2CCc3ccccc3C2)c2cc(Cl)ccc2C)cc1. The zero-order chi connectivity index (χ0) is 22.9. The summed E-state index contributed by atoms with van der Waals surface area (Å²) in [6.07, 6.45) is 0.753. The van der Waals surface area contributed by atoms with Crippen LogP contribution in [0.3, 0.4) is 0 Å². The Labute approximate surface area is 194 Å². The largest absolute Gasteiger partial charge is 0.336 e. The van der Waals surface area contributed by atoms with Crippen LogP contribution in [0.5, 0.6) is 0 Å². The van der Waals surface area contributed by atoms with E-state index in [0.29, 0.717) is 23.8 Å². The molecule has 1 heterocycles. The van der Waals surface area contributed by atoms with Gasteiger partial charge >= 0.3 is 0 Å². The average Bonchev–Trinajstić information content (AvgIpc) is 2.79. The summed E-state index contributed by atoms with van der Waals surface area (Å²) in [6, 6.07) is 19.7. The van der Waals surface area contributed by atoms with Gasteiger partial charge in [0.05, 0.1) is 10.6 Å². The van der Waals surface area contributed by atoms with Gasteiger partial charge in [0, 0.05) is 18.1 Å². The normalized spacial score (nSPS) is 13.5. The van der Waals surface area contributed by atoms with Crippen LogP contribution in [0.2, 0.25) is 5.02 Å². The van der Waals surface area contributed by atoms with Crippen molar-refractivity contribution in [3.8, 4) is 0 Å². The number of fused-ring (bicyclic) bond motifs is 1. The fraction of sp³-hybridized carbons (Fsp3) is 0.240. The Balaban J connectivity index is 1.69. The summed E-state index contributed by atoms with van der Waals surface area (Å²) in [5.41, 5.74) is 4.41. The van der Waals surface area contributed by atoms with Crippen LogP contribution in [-0.4, -0.2) is 32.3 Å². The second-order valence-electron chi connectivity index (χ2n) is 8.09. The lowest BCUT2D eigenvalue weighted by Gasteiger charge is -2.32. The number of nitrogens with zero attached hydrogens (tertiary/aromatic N) is 2. The molecule has 0 atom stereocenters. The topological polar surface area (TPSA) is 57.7 Å². The van der Waals surface area contributed by atoms with Gasteiger partial charge in [-0.2, -0.15) is 0 Å². The molecule has 0 saturated heterocycles. The molecule has 0 radical (unpaired) electrons. The average molecular weight is 469 g/mol. The van der Waals surface area contributed by atoms with Gasteiger partial charge in [-0.3, -0.25) is 9.10 Å². The van der Waals surface area contributed by atoms with Gasteiger partial charge in [-0.15, -0.1) is 0 Å². The van der Waals surface area contributed by atoms with E-state index in [0.717, 1.165) is 23.1 Å². The molecule has 7 heteroatoms. The van der Waals surface area contributed by atoms with Crippen molar-refractivity contribution >= 4 is 33.2 Å². The molecule has 0 N–H and O–H groups in total. The number of amides is 1. The first-order chi connectivity index (χ1) is 15.3. The monoisotopic (exact) mass is 468 g/mol. The zero-order valence-corrected chi connectivity index (χ0v) is 19.7. The van der Waals surface area contributed by atoms with Crippen LogP contribution in [0.4, 0.5) is 5.69 Å². The predicted molar refractivity (Wildman–Crippen MR) is 127 cm³/mol.